The Hall–Kier alpha value is -1.43. The monoisotopic (exact) mass is 283 g/mol. The Kier molecular flexibility index (Phi) is 4.75. The number of hydrogen-bond donors (Lipinski definition) is 0. The quantitative estimate of drug-likeness (QED) is 0.549. The summed E-state index contributed by atoms with van der Waals surface area (Å²) in [6, 6.07) is -0.118. The number of carbonyl (C=O) groups excluding carboxylic acids is 3. The Morgan fingerprint density at radius 1 is 1.20 bits per heavy atom. The number of piperidine rings is 1. The summed E-state index contributed by atoms with van der Waals surface area (Å²) < 4.78 is 9.96. The smallest absolute Gasteiger partial charge is 0.318 e. The molecule has 0 spiro atoms. The predicted molar refractivity (Wildman–Crippen MR) is 69.8 cm³/mol. The van der Waals surface area contributed by atoms with E-state index in [1.807, 2.05) is 4.90 Å². The van der Waals surface area contributed by atoms with Gasteiger partial charge in [-0.15, -0.1) is 0 Å². The number of nitrogens with zero attached hydrogens (tertiary/aromatic N) is 1. The van der Waals surface area contributed by atoms with E-state index in [0.717, 1.165) is 19.4 Å². The first-order valence-corrected chi connectivity index (χ1v) is 7.21. The number of rotatable bonds is 4. The molecule has 0 bridgehead atoms. The molecule has 2 saturated heterocycles. The minimum atomic E-state index is -0.862. The molecule has 2 aliphatic rings. The maximum atomic E-state index is 12.5. The molecule has 0 aliphatic carbocycles. The van der Waals surface area contributed by atoms with Gasteiger partial charge in [-0.2, -0.15) is 0 Å². The first-order chi connectivity index (χ1) is 9.60. The number of fused-ring (bicyclic) bond motifs is 1. The highest BCUT2D eigenvalue weighted by atomic mass is 16.5. The van der Waals surface area contributed by atoms with E-state index in [1.165, 1.54) is 0 Å². The van der Waals surface area contributed by atoms with Crippen molar-refractivity contribution >= 4 is 17.7 Å². The molecular weight excluding hydrogens is 262 g/mol. The lowest BCUT2D eigenvalue weighted by Crippen LogP contribution is -2.56. The fourth-order valence-electron chi connectivity index (χ4n) is 3.13. The minimum absolute atomic E-state index is 0.118. The van der Waals surface area contributed by atoms with E-state index in [-0.39, 0.29) is 25.0 Å². The van der Waals surface area contributed by atoms with Crippen LogP contribution in [0.15, 0.2) is 0 Å². The summed E-state index contributed by atoms with van der Waals surface area (Å²) in [5.74, 6) is -3.09. The van der Waals surface area contributed by atoms with Crippen LogP contribution < -0.4 is 0 Å². The lowest BCUT2D eigenvalue weighted by atomic mass is 9.82. The zero-order valence-corrected chi connectivity index (χ0v) is 12.0. The Bertz CT molecular complexity index is 408. The van der Waals surface area contributed by atoms with Crippen molar-refractivity contribution in [2.45, 2.75) is 32.7 Å². The molecule has 6 nitrogen and oxygen atoms in total. The topological polar surface area (TPSA) is 72.9 Å². The first-order valence-electron chi connectivity index (χ1n) is 7.21. The van der Waals surface area contributed by atoms with Crippen LogP contribution in [0, 0.1) is 11.8 Å². The molecule has 0 N–H and O–H groups in total. The SMILES string of the molecule is CCOC(=O)[C@@H]1CN2CCC[C@@H]2[C@@H](C(=O)OCC)C1=O. The molecule has 20 heavy (non-hydrogen) atoms. The van der Waals surface area contributed by atoms with Gasteiger partial charge in [0.15, 0.2) is 5.78 Å². The van der Waals surface area contributed by atoms with E-state index >= 15 is 0 Å². The van der Waals surface area contributed by atoms with Gasteiger partial charge in [0.25, 0.3) is 0 Å². The highest BCUT2D eigenvalue weighted by Crippen LogP contribution is 2.33. The number of hydrogen-bond acceptors (Lipinski definition) is 6. The zero-order chi connectivity index (χ0) is 14.7. The van der Waals surface area contributed by atoms with E-state index in [2.05, 4.69) is 0 Å². The predicted octanol–water partition coefficient (Wildman–Crippen LogP) is 0.392. The van der Waals surface area contributed by atoms with Gasteiger partial charge in [0, 0.05) is 12.6 Å². The Morgan fingerprint density at radius 2 is 1.85 bits per heavy atom. The number of carbonyl (C=O) groups is 3. The van der Waals surface area contributed by atoms with Gasteiger partial charge in [0.05, 0.1) is 13.2 Å². The van der Waals surface area contributed by atoms with Gasteiger partial charge < -0.3 is 9.47 Å². The van der Waals surface area contributed by atoms with E-state index in [9.17, 15) is 14.4 Å². The van der Waals surface area contributed by atoms with E-state index in [1.54, 1.807) is 13.8 Å². The average molecular weight is 283 g/mol. The van der Waals surface area contributed by atoms with Crippen LogP contribution in [0.3, 0.4) is 0 Å². The van der Waals surface area contributed by atoms with Crippen molar-refractivity contribution in [3.63, 3.8) is 0 Å². The lowest BCUT2D eigenvalue weighted by Gasteiger charge is -2.37. The van der Waals surface area contributed by atoms with Gasteiger partial charge in [-0.05, 0) is 33.2 Å². The molecule has 0 saturated carbocycles. The van der Waals surface area contributed by atoms with Crippen LogP contribution in [-0.2, 0) is 23.9 Å². The fourth-order valence-corrected chi connectivity index (χ4v) is 3.13. The van der Waals surface area contributed by atoms with Crippen LogP contribution in [0.25, 0.3) is 0 Å². The maximum Gasteiger partial charge on any atom is 0.318 e. The van der Waals surface area contributed by atoms with Crippen molar-refractivity contribution in [3.05, 3.63) is 0 Å². The Labute approximate surface area is 118 Å². The summed E-state index contributed by atoms with van der Waals surface area (Å²) in [6.45, 7) is 5.05. The van der Waals surface area contributed by atoms with E-state index in [4.69, 9.17) is 9.47 Å². The minimum Gasteiger partial charge on any atom is -0.465 e. The summed E-state index contributed by atoms with van der Waals surface area (Å²) >= 11 is 0. The van der Waals surface area contributed by atoms with Gasteiger partial charge >= 0.3 is 11.9 Å². The van der Waals surface area contributed by atoms with Gasteiger partial charge in [-0.3, -0.25) is 19.3 Å². The van der Waals surface area contributed by atoms with Gasteiger partial charge in [-0.25, -0.2) is 0 Å². The molecule has 0 amide bonds. The molecule has 112 valence electrons. The van der Waals surface area contributed by atoms with Gasteiger partial charge in [0.1, 0.15) is 11.8 Å². The second kappa shape index (κ2) is 6.35. The second-order valence-corrected chi connectivity index (χ2v) is 5.14. The number of Topliss-reactive ketones (excluding diaryl/α,β-unsaturated/α-hetero) is 1. The first kappa shape index (κ1) is 15.0. The average Bonchev–Trinajstić information content (AvgIpc) is 2.86. The van der Waals surface area contributed by atoms with Crippen molar-refractivity contribution < 1.29 is 23.9 Å². The van der Waals surface area contributed by atoms with Crippen LogP contribution in [0.1, 0.15) is 26.7 Å². The third-order valence-electron chi connectivity index (χ3n) is 3.98. The van der Waals surface area contributed by atoms with Gasteiger partial charge in [-0.1, -0.05) is 0 Å². The summed E-state index contributed by atoms with van der Waals surface area (Å²) in [5, 5.41) is 0. The summed E-state index contributed by atoms with van der Waals surface area (Å²) in [6.07, 6.45) is 1.73. The third-order valence-corrected chi connectivity index (χ3v) is 3.98. The summed E-state index contributed by atoms with van der Waals surface area (Å²) in [7, 11) is 0. The van der Waals surface area contributed by atoms with Crippen LogP contribution in [0.4, 0.5) is 0 Å². The molecule has 0 radical (unpaired) electrons. The largest absolute Gasteiger partial charge is 0.465 e. The molecule has 0 aromatic carbocycles. The van der Waals surface area contributed by atoms with Crippen LogP contribution in [0.2, 0.25) is 0 Å². The van der Waals surface area contributed by atoms with Crippen molar-refractivity contribution in [3.8, 4) is 0 Å². The molecule has 6 heteroatoms. The summed E-state index contributed by atoms with van der Waals surface area (Å²) in [5.41, 5.74) is 0. The van der Waals surface area contributed by atoms with Crippen molar-refractivity contribution in [1.82, 2.24) is 4.90 Å². The molecule has 3 atom stereocenters. The number of ether oxygens (including phenoxy) is 2. The highest BCUT2D eigenvalue weighted by Gasteiger charge is 2.51. The van der Waals surface area contributed by atoms with E-state index < -0.39 is 23.8 Å². The van der Waals surface area contributed by atoms with Crippen molar-refractivity contribution in [2.24, 2.45) is 11.8 Å². The van der Waals surface area contributed by atoms with Crippen molar-refractivity contribution in [2.75, 3.05) is 26.3 Å². The van der Waals surface area contributed by atoms with Crippen molar-refractivity contribution in [1.29, 1.82) is 0 Å². The molecule has 2 rings (SSSR count). The van der Waals surface area contributed by atoms with Crippen LogP contribution >= 0.6 is 0 Å². The van der Waals surface area contributed by atoms with Crippen LogP contribution in [-0.4, -0.2) is 55.0 Å². The van der Waals surface area contributed by atoms with Crippen LogP contribution in [0.5, 0.6) is 0 Å². The number of esters is 2. The molecule has 0 unspecified atom stereocenters. The molecule has 0 aromatic heterocycles. The molecule has 2 fully saturated rings. The second-order valence-electron chi connectivity index (χ2n) is 5.14. The number of ketones is 1. The lowest BCUT2D eigenvalue weighted by molar-refractivity contribution is -0.164. The van der Waals surface area contributed by atoms with Gasteiger partial charge in [0.2, 0.25) is 0 Å². The zero-order valence-electron chi connectivity index (χ0n) is 12.0. The molecule has 2 aliphatic heterocycles. The maximum absolute atomic E-state index is 12.5. The standard InChI is InChI=1S/C14H21NO5/c1-3-19-13(17)9-8-15-7-5-6-10(15)11(12(9)16)14(18)20-4-2/h9-11H,3-8H2,1-2H3/t9-,10-,11-/m1/s1. The summed E-state index contributed by atoms with van der Waals surface area (Å²) in [4.78, 5) is 38.5. The molecule has 0 aromatic rings. The Morgan fingerprint density at radius 3 is 2.50 bits per heavy atom. The normalized spacial score (nSPS) is 29.9. The Balaban J connectivity index is 2.20. The van der Waals surface area contributed by atoms with E-state index in [0.29, 0.717) is 6.54 Å². The molecule has 2 heterocycles. The molecular formula is C14H21NO5. The third kappa shape index (κ3) is 2.70. The highest BCUT2D eigenvalue weighted by molar-refractivity contribution is 6.09. The fraction of sp³-hybridized carbons (Fsp3) is 0.786.